The summed E-state index contributed by atoms with van der Waals surface area (Å²) in [4.78, 5) is 6.64. The number of nitrogens with zero attached hydrogens (tertiary/aromatic N) is 2. The molecule has 0 amide bonds. The van der Waals surface area contributed by atoms with Crippen molar-refractivity contribution in [1.82, 2.24) is 9.88 Å². The molecule has 0 radical (unpaired) electrons. The second kappa shape index (κ2) is 7.71. The lowest BCUT2D eigenvalue weighted by Gasteiger charge is -2.22. The molecule has 3 N–H and O–H groups in total. The number of benzene rings is 1. The van der Waals surface area contributed by atoms with E-state index >= 15 is 0 Å². The molecule has 2 aromatic rings. The van der Waals surface area contributed by atoms with Crippen molar-refractivity contribution in [1.29, 1.82) is 5.41 Å². The highest BCUT2D eigenvalue weighted by molar-refractivity contribution is 5.81. The molecule has 112 valence electrons. The van der Waals surface area contributed by atoms with Gasteiger partial charge in [0.15, 0.2) is 0 Å². The van der Waals surface area contributed by atoms with Crippen LogP contribution in [0.25, 0.3) is 10.9 Å². The molecule has 21 heavy (non-hydrogen) atoms. The summed E-state index contributed by atoms with van der Waals surface area (Å²) in [7, 11) is 1.70. The average Bonchev–Trinajstić information content (AvgIpc) is 2.50. The topological polar surface area (TPSA) is 75.2 Å². The van der Waals surface area contributed by atoms with Gasteiger partial charge in [-0.1, -0.05) is 18.2 Å². The van der Waals surface area contributed by atoms with E-state index in [1.807, 2.05) is 24.4 Å². The third kappa shape index (κ3) is 4.51. The summed E-state index contributed by atoms with van der Waals surface area (Å²) in [5.74, 6) is 0.219. The van der Waals surface area contributed by atoms with Crippen molar-refractivity contribution >= 4 is 16.7 Å². The van der Waals surface area contributed by atoms with E-state index in [2.05, 4.69) is 22.0 Å². The second-order valence-corrected chi connectivity index (χ2v) is 5.03. The van der Waals surface area contributed by atoms with E-state index in [9.17, 15) is 0 Å². The van der Waals surface area contributed by atoms with Crippen molar-refractivity contribution in [2.45, 2.75) is 13.0 Å². The van der Waals surface area contributed by atoms with Crippen LogP contribution in [0, 0.1) is 5.41 Å². The molecule has 0 aliphatic carbocycles. The molecule has 0 spiro atoms. The predicted molar refractivity (Wildman–Crippen MR) is 85.4 cm³/mol. The van der Waals surface area contributed by atoms with Crippen molar-refractivity contribution in [3.05, 3.63) is 42.1 Å². The van der Waals surface area contributed by atoms with E-state index in [1.54, 1.807) is 7.11 Å². The molecule has 0 fully saturated rings. The number of amidine groups is 1. The SMILES string of the molecule is COCCN(CCC(=N)N)Cc1ccnc2ccccc12. The van der Waals surface area contributed by atoms with Gasteiger partial charge in [-0.15, -0.1) is 0 Å². The zero-order valence-corrected chi connectivity index (χ0v) is 12.4. The quantitative estimate of drug-likeness (QED) is 0.575. The van der Waals surface area contributed by atoms with Crippen LogP contribution in [0.3, 0.4) is 0 Å². The molecule has 1 aromatic heterocycles. The van der Waals surface area contributed by atoms with Crippen LogP contribution in [0.5, 0.6) is 0 Å². The van der Waals surface area contributed by atoms with E-state index in [0.717, 1.165) is 25.2 Å². The molecule has 0 unspecified atom stereocenters. The number of pyridine rings is 1. The van der Waals surface area contributed by atoms with Crippen molar-refractivity contribution in [3.8, 4) is 0 Å². The summed E-state index contributed by atoms with van der Waals surface area (Å²) < 4.78 is 5.17. The lowest BCUT2D eigenvalue weighted by atomic mass is 10.1. The summed E-state index contributed by atoms with van der Waals surface area (Å²) in [6.45, 7) is 3.05. The average molecular weight is 286 g/mol. The Labute approximate surface area is 125 Å². The third-order valence-electron chi connectivity index (χ3n) is 3.44. The van der Waals surface area contributed by atoms with Crippen molar-refractivity contribution < 1.29 is 4.74 Å². The maximum absolute atomic E-state index is 7.39. The Bertz CT molecular complexity index is 594. The Morgan fingerprint density at radius 3 is 2.86 bits per heavy atom. The lowest BCUT2D eigenvalue weighted by molar-refractivity contribution is 0.146. The van der Waals surface area contributed by atoms with Gasteiger partial charge in [-0.05, 0) is 17.7 Å². The zero-order chi connectivity index (χ0) is 15.1. The molecule has 1 aromatic carbocycles. The van der Waals surface area contributed by atoms with Gasteiger partial charge in [0.2, 0.25) is 0 Å². The Kier molecular flexibility index (Phi) is 5.66. The van der Waals surface area contributed by atoms with E-state index in [1.165, 1.54) is 10.9 Å². The van der Waals surface area contributed by atoms with Crippen molar-refractivity contribution in [2.24, 2.45) is 5.73 Å². The molecule has 0 aliphatic rings. The minimum absolute atomic E-state index is 0.219. The molecular weight excluding hydrogens is 264 g/mol. The highest BCUT2D eigenvalue weighted by atomic mass is 16.5. The molecule has 0 saturated carbocycles. The van der Waals surface area contributed by atoms with Crippen LogP contribution in [0.15, 0.2) is 36.5 Å². The number of nitrogens with two attached hydrogens (primary N) is 1. The molecule has 0 aliphatic heterocycles. The third-order valence-corrected chi connectivity index (χ3v) is 3.44. The number of hydrogen-bond acceptors (Lipinski definition) is 4. The minimum Gasteiger partial charge on any atom is -0.388 e. The van der Waals surface area contributed by atoms with Crippen LogP contribution >= 0.6 is 0 Å². The van der Waals surface area contributed by atoms with Crippen LogP contribution in [-0.2, 0) is 11.3 Å². The maximum atomic E-state index is 7.39. The number of para-hydroxylation sites is 1. The van der Waals surface area contributed by atoms with Crippen LogP contribution in [0.4, 0.5) is 0 Å². The second-order valence-electron chi connectivity index (χ2n) is 5.03. The van der Waals surface area contributed by atoms with Crippen molar-refractivity contribution in [3.63, 3.8) is 0 Å². The first kappa shape index (κ1) is 15.4. The normalized spacial score (nSPS) is 11.1. The first-order chi connectivity index (χ1) is 10.2. The fourth-order valence-corrected chi connectivity index (χ4v) is 2.30. The van der Waals surface area contributed by atoms with Gasteiger partial charge in [0, 0.05) is 44.7 Å². The number of ether oxygens (including phenoxy) is 1. The smallest absolute Gasteiger partial charge is 0.0918 e. The summed E-state index contributed by atoms with van der Waals surface area (Å²) in [5.41, 5.74) is 7.71. The lowest BCUT2D eigenvalue weighted by Crippen LogP contribution is -2.30. The molecular formula is C16H22N4O. The van der Waals surface area contributed by atoms with Gasteiger partial charge in [0.25, 0.3) is 0 Å². The highest BCUT2D eigenvalue weighted by Gasteiger charge is 2.09. The van der Waals surface area contributed by atoms with Gasteiger partial charge in [0.05, 0.1) is 18.0 Å². The van der Waals surface area contributed by atoms with Crippen LogP contribution in [-0.4, -0.2) is 42.5 Å². The predicted octanol–water partition coefficient (Wildman–Crippen LogP) is 2.01. The standard InChI is InChI=1S/C16H22N4O/c1-21-11-10-20(9-7-16(17)18)12-13-6-8-19-15-5-3-2-4-14(13)15/h2-6,8H,7,9-12H2,1H3,(H3,17,18). The summed E-state index contributed by atoms with van der Waals surface area (Å²) in [5, 5.41) is 8.56. The largest absolute Gasteiger partial charge is 0.388 e. The highest BCUT2D eigenvalue weighted by Crippen LogP contribution is 2.18. The molecule has 0 bridgehead atoms. The Morgan fingerprint density at radius 1 is 1.29 bits per heavy atom. The number of fused-ring (bicyclic) bond motifs is 1. The fraction of sp³-hybridized carbons (Fsp3) is 0.375. The number of aromatic nitrogens is 1. The summed E-state index contributed by atoms with van der Waals surface area (Å²) >= 11 is 0. The van der Waals surface area contributed by atoms with Gasteiger partial charge in [-0.2, -0.15) is 0 Å². The van der Waals surface area contributed by atoms with E-state index in [4.69, 9.17) is 15.9 Å². The number of rotatable bonds is 8. The summed E-state index contributed by atoms with van der Waals surface area (Å²) in [6.07, 6.45) is 2.42. The van der Waals surface area contributed by atoms with E-state index in [-0.39, 0.29) is 5.84 Å². The fourth-order valence-electron chi connectivity index (χ4n) is 2.30. The molecule has 5 heteroatoms. The van der Waals surface area contributed by atoms with Gasteiger partial charge in [-0.3, -0.25) is 15.3 Å². The number of methoxy groups -OCH3 is 1. The minimum atomic E-state index is 0.219. The van der Waals surface area contributed by atoms with Gasteiger partial charge in [-0.25, -0.2) is 0 Å². The maximum Gasteiger partial charge on any atom is 0.0918 e. The van der Waals surface area contributed by atoms with Crippen LogP contribution in [0.2, 0.25) is 0 Å². The van der Waals surface area contributed by atoms with E-state index in [0.29, 0.717) is 13.0 Å². The van der Waals surface area contributed by atoms with Crippen LogP contribution < -0.4 is 5.73 Å². The monoisotopic (exact) mass is 286 g/mol. The van der Waals surface area contributed by atoms with Gasteiger partial charge in [0.1, 0.15) is 0 Å². The number of nitrogens with one attached hydrogen (secondary N) is 1. The van der Waals surface area contributed by atoms with Crippen LogP contribution in [0.1, 0.15) is 12.0 Å². The number of hydrogen-bond donors (Lipinski definition) is 2. The first-order valence-corrected chi connectivity index (χ1v) is 7.07. The Balaban J connectivity index is 2.15. The Hall–Kier alpha value is -1.98. The molecule has 5 nitrogen and oxygen atoms in total. The van der Waals surface area contributed by atoms with E-state index < -0.39 is 0 Å². The summed E-state index contributed by atoms with van der Waals surface area (Å²) in [6, 6.07) is 10.2. The molecule has 0 atom stereocenters. The van der Waals surface area contributed by atoms with Gasteiger partial charge >= 0.3 is 0 Å². The van der Waals surface area contributed by atoms with Gasteiger partial charge < -0.3 is 10.5 Å². The molecule has 2 rings (SSSR count). The first-order valence-electron chi connectivity index (χ1n) is 7.07. The van der Waals surface area contributed by atoms with Crippen molar-refractivity contribution in [2.75, 3.05) is 26.8 Å². The Morgan fingerprint density at radius 2 is 2.10 bits per heavy atom. The zero-order valence-electron chi connectivity index (χ0n) is 12.4. The molecule has 1 heterocycles. The molecule has 0 saturated heterocycles.